The van der Waals surface area contributed by atoms with Gasteiger partial charge in [-0.3, -0.25) is 19.2 Å². The van der Waals surface area contributed by atoms with Crippen LogP contribution >= 0.6 is 0 Å². The summed E-state index contributed by atoms with van der Waals surface area (Å²) in [7, 11) is 0. The number of hydrogen-bond donors (Lipinski definition) is 2. The molecule has 0 aromatic heterocycles. The van der Waals surface area contributed by atoms with Gasteiger partial charge in [-0.1, -0.05) is 13.8 Å². The van der Waals surface area contributed by atoms with E-state index in [-0.39, 0.29) is 42.0 Å². The standard InChI is InChI=1S/C17H28N4O4/c1-9(2)7-12(18)17(25)20-6-5-13-15(20)14(23)8-21(13)16(24)10(3)19-11(4)22/h9-10,12-13,15H,5-8,18H2,1-4H3,(H,19,22). The summed E-state index contributed by atoms with van der Waals surface area (Å²) in [6.07, 6.45) is 1.11. The minimum Gasteiger partial charge on any atom is -0.345 e. The number of ketones is 1. The summed E-state index contributed by atoms with van der Waals surface area (Å²) in [5, 5.41) is 2.55. The maximum Gasteiger partial charge on any atom is 0.245 e. The number of carbonyl (C=O) groups excluding carboxylic acids is 4. The molecule has 2 rings (SSSR count). The SMILES string of the molecule is CC(=O)NC(C)C(=O)N1CC(=O)C2C1CCN2C(=O)C(N)CC(C)C. The molecule has 0 aromatic carbocycles. The average Bonchev–Trinajstić information content (AvgIpc) is 3.06. The van der Waals surface area contributed by atoms with E-state index in [1.54, 1.807) is 6.92 Å². The zero-order valence-corrected chi connectivity index (χ0v) is 15.3. The normalized spacial score (nSPS) is 25.1. The van der Waals surface area contributed by atoms with Gasteiger partial charge >= 0.3 is 0 Å². The van der Waals surface area contributed by atoms with Gasteiger partial charge in [0.2, 0.25) is 17.7 Å². The summed E-state index contributed by atoms with van der Waals surface area (Å²) in [6.45, 7) is 7.31. The molecule has 140 valence electrons. The lowest BCUT2D eigenvalue weighted by molar-refractivity contribution is -0.137. The highest BCUT2D eigenvalue weighted by Gasteiger charge is 2.52. The van der Waals surface area contributed by atoms with Crippen molar-refractivity contribution in [1.82, 2.24) is 15.1 Å². The number of Topliss-reactive ketones (excluding diaryl/α,β-unsaturated/α-hetero) is 1. The van der Waals surface area contributed by atoms with Crippen molar-refractivity contribution in [3.05, 3.63) is 0 Å². The number of nitrogens with two attached hydrogens (primary N) is 1. The minimum atomic E-state index is -0.697. The van der Waals surface area contributed by atoms with Gasteiger partial charge in [-0.05, 0) is 25.7 Å². The van der Waals surface area contributed by atoms with Crippen molar-refractivity contribution in [1.29, 1.82) is 0 Å². The van der Waals surface area contributed by atoms with Crippen LogP contribution in [0.25, 0.3) is 0 Å². The molecule has 2 aliphatic heterocycles. The lowest BCUT2D eigenvalue weighted by Gasteiger charge is -2.28. The Morgan fingerprint density at radius 3 is 2.40 bits per heavy atom. The van der Waals surface area contributed by atoms with Crippen molar-refractivity contribution in [2.75, 3.05) is 13.1 Å². The molecule has 0 spiro atoms. The quantitative estimate of drug-likeness (QED) is 0.677. The highest BCUT2D eigenvalue weighted by molar-refractivity contribution is 5.99. The number of nitrogens with zero attached hydrogens (tertiary/aromatic N) is 2. The molecule has 2 fully saturated rings. The van der Waals surface area contributed by atoms with Crippen LogP contribution < -0.4 is 11.1 Å². The van der Waals surface area contributed by atoms with E-state index < -0.39 is 18.1 Å². The molecule has 0 aromatic rings. The molecule has 4 atom stereocenters. The third-order valence-electron chi connectivity index (χ3n) is 4.82. The zero-order valence-electron chi connectivity index (χ0n) is 15.3. The first-order chi connectivity index (χ1) is 11.6. The molecule has 4 unspecified atom stereocenters. The molecule has 0 saturated carbocycles. The fraction of sp³-hybridized carbons (Fsp3) is 0.765. The van der Waals surface area contributed by atoms with Gasteiger partial charge < -0.3 is 20.9 Å². The van der Waals surface area contributed by atoms with E-state index in [9.17, 15) is 19.2 Å². The summed E-state index contributed by atoms with van der Waals surface area (Å²) in [5.41, 5.74) is 5.99. The van der Waals surface area contributed by atoms with Crippen LogP contribution in [0.5, 0.6) is 0 Å². The Bertz CT molecular complexity index is 577. The van der Waals surface area contributed by atoms with Gasteiger partial charge in [-0.25, -0.2) is 0 Å². The number of nitrogens with one attached hydrogen (secondary N) is 1. The molecule has 8 nitrogen and oxygen atoms in total. The Hall–Kier alpha value is -1.96. The van der Waals surface area contributed by atoms with Gasteiger partial charge in [-0.2, -0.15) is 0 Å². The van der Waals surface area contributed by atoms with Crippen molar-refractivity contribution in [2.45, 2.75) is 64.7 Å². The van der Waals surface area contributed by atoms with Crippen molar-refractivity contribution >= 4 is 23.5 Å². The third-order valence-corrected chi connectivity index (χ3v) is 4.82. The van der Waals surface area contributed by atoms with Gasteiger partial charge in [0.25, 0.3) is 0 Å². The maximum absolute atomic E-state index is 12.6. The van der Waals surface area contributed by atoms with Crippen LogP contribution in [0, 0.1) is 5.92 Å². The number of amides is 3. The summed E-state index contributed by atoms with van der Waals surface area (Å²) in [6, 6.07) is -2.27. The molecular formula is C17H28N4O4. The van der Waals surface area contributed by atoms with E-state index in [0.717, 1.165) is 0 Å². The van der Waals surface area contributed by atoms with Gasteiger partial charge in [0.15, 0.2) is 5.78 Å². The van der Waals surface area contributed by atoms with Crippen LogP contribution in [0.3, 0.4) is 0 Å². The van der Waals surface area contributed by atoms with Crippen molar-refractivity contribution in [3.63, 3.8) is 0 Å². The first kappa shape index (κ1) is 19.4. The fourth-order valence-electron chi connectivity index (χ4n) is 3.80. The number of fused-ring (bicyclic) bond motifs is 1. The van der Waals surface area contributed by atoms with Gasteiger partial charge in [0.1, 0.15) is 12.1 Å². The van der Waals surface area contributed by atoms with E-state index in [1.807, 2.05) is 13.8 Å². The van der Waals surface area contributed by atoms with E-state index in [0.29, 0.717) is 19.4 Å². The Labute approximate surface area is 148 Å². The predicted molar refractivity (Wildman–Crippen MR) is 91.3 cm³/mol. The Kier molecular flexibility index (Phi) is 5.82. The van der Waals surface area contributed by atoms with Crippen molar-refractivity contribution in [2.24, 2.45) is 11.7 Å². The summed E-state index contributed by atoms with van der Waals surface area (Å²) < 4.78 is 0. The summed E-state index contributed by atoms with van der Waals surface area (Å²) in [5.74, 6) is -0.675. The second-order valence-electron chi connectivity index (χ2n) is 7.42. The van der Waals surface area contributed by atoms with E-state index in [1.165, 1.54) is 16.7 Å². The van der Waals surface area contributed by atoms with Gasteiger partial charge in [0, 0.05) is 13.5 Å². The fourth-order valence-corrected chi connectivity index (χ4v) is 3.80. The molecular weight excluding hydrogens is 324 g/mol. The molecule has 25 heavy (non-hydrogen) atoms. The van der Waals surface area contributed by atoms with Gasteiger partial charge in [0.05, 0.1) is 18.6 Å². The summed E-state index contributed by atoms with van der Waals surface area (Å²) in [4.78, 5) is 51.8. The highest BCUT2D eigenvalue weighted by Crippen LogP contribution is 2.30. The highest BCUT2D eigenvalue weighted by atomic mass is 16.2. The Morgan fingerprint density at radius 1 is 1.20 bits per heavy atom. The molecule has 0 bridgehead atoms. The van der Waals surface area contributed by atoms with E-state index >= 15 is 0 Å². The van der Waals surface area contributed by atoms with Crippen LogP contribution in [0.2, 0.25) is 0 Å². The maximum atomic E-state index is 12.6. The van der Waals surface area contributed by atoms with Crippen LogP contribution in [0.1, 0.15) is 40.5 Å². The number of hydrogen-bond acceptors (Lipinski definition) is 5. The Morgan fingerprint density at radius 2 is 1.84 bits per heavy atom. The minimum absolute atomic E-state index is 0.0265. The molecule has 8 heteroatoms. The monoisotopic (exact) mass is 352 g/mol. The number of rotatable bonds is 5. The van der Waals surface area contributed by atoms with Crippen LogP contribution in [0.15, 0.2) is 0 Å². The smallest absolute Gasteiger partial charge is 0.245 e. The molecule has 2 saturated heterocycles. The molecule has 0 radical (unpaired) electrons. The number of carbonyl (C=O) groups is 4. The third kappa shape index (κ3) is 4.00. The van der Waals surface area contributed by atoms with Crippen molar-refractivity contribution < 1.29 is 19.2 Å². The molecule has 3 N–H and O–H groups in total. The van der Waals surface area contributed by atoms with Crippen molar-refractivity contribution in [3.8, 4) is 0 Å². The van der Waals surface area contributed by atoms with E-state index in [4.69, 9.17) is 5.73 Å². The molecule has 2 aliphatic rings. The second kappa shape index (κ2) is 7.51. The predicted octanol–water partition coefficient (Wildman–Crippen LogP) is -0.735. The first-order valence-corrected chi connectivity index (χ1v) is 8.79. The van der Waals surface area contributed by atoms with Gasteiger partial charge in [-0.15, -0.1) is 0 Å². The number of likely N-dealkylation sites (tertiary alicyclic amines) is 2. The molecule has 0 aliphatic carbocycles. The second-order valence-corrected chi connectivity index (χ2v) is 7.42. The van der Waals surface area contributed by atoms with Crippen LogP contribution in [0.4, 0.5) is 0 Å². The largest absolute Gasteiger partial charge is 0.345 e. The summed E-state index contributed by atoms with van der Waals surface area (Å²) >= 11 is 0. The molecule has 3 amide bonds. The first-order valence-electron chi connectivity index (χ1n) is 8.79. The lowest BCUT2D eigenvalue weighted by Crippen LogP contribution is -2.51. The lowest BCUT2D eigenvalue weighted by atomic mass is 10.0. The topological polar surface area (TPSA) is 113 Å². The average molecular weight is 352 g/mol. The van der Waals surface area contributed by atoms with Crippen LogP contribution in [-0.2, 0) is 19.2 Å². The zero-order chi connectivity index (χ0) is 18.9. The molecule has 2 heterocycles. The Balaban J connectivity index is 2.09. The van der Waals surface area contributed by atoms with E-state index in [2.05, 4.69) is 5.32 Å². The van der Waals surface area contributed by atoms with Crippen LogP contribution in [-0.4, -0.2) is 70.6 Å².